The third kappa shape index (κ3) is 1.43. The summed E-state index contributed by atoms with van der Waals surface area (Å²) in [5.41, 5.74) is -0.113. The van der Waals surface area contributed by atoms with Crippen LogP contribution in [0.2, 0.25) is 0 Å². The van der Waals surface area contributed by atoms with Gasteiger partial charge in [0.2, 0.25) is 5.76 Å². The normalized spacial score (nSPS) is 34.2. The lowest BCUT2D eigenvalue weighted by atomic mass is 9.72. The first-order valence-electron chi connectivity index (χ1n) is 6.54. The van der Waals surface area contributed by atoms with E-state index in [1.165, 1.54) is 12.6 Å². The molecule has 2 fully saturated rings. The summed E-state index contributed by atoms with van der Waals surface area (Å²) in [4.78, 5) is 18.1. The molecule has 1 aromatic heterocycles. The van der Waals surface area contributed by atoms with Gasteiger partial charge in [0.1, 0.15) is 0 Å². The Balaban J connectivity index is 1.89. The molecule has 0 spiro atoms. The van der Waals surface area contributed by atoms with Gasteiger partial charge in [0.25, 0.3) is 5.91 Å². The summed E-state index contributed by atoms with van der Waals surface area (Å²) in [5.74, 6) is 0.223. The number of fused-ring (bicyclic) bond motifs is 2. The molecule has 2 bridgehead atoms. The van der Waals surface area contributed by atoms with Crippen LogP contribution in [0.5, 0.6) is 0 Å². The van der Waals surface area contributed by atoms with Crippen molar-refractivity contribution in [2.45, 2.75) is 44.7 Å². The highest BCUT2D eigenvalue weighted by Crippen LogP contribution is 2.51. The number of rotatable bonds is 3. The molecule has 3 heterocycles. The fraction of sp³-hybridized carbons (Fsp3) is 0.692. The summed E-state index contributed by atoms with van der Waals surface area (Å²) in [6.45, 7) is 2.25. The van der Waals surface area contributed by atoms with Crippen LogP contribution in [-0.4, -0.2) is 39.6 Å². The van der Waals surface area contributed by atoms with Gasteiger partial charge in [0.15, 0.2) is 6.39 Å². The lowest BCUT2D eigenvalue weighted by Gasteiger charge is -2.34. The number of amides is 1. The Labute approximate surface area is 106 Å². The monoisotopic (exact) mass is 250 g/mol. The third-order valence-electron chi connectivity index (χ3n) is 4.75. The number of aliphatic hydroxyl groups is 1. The van der Waals surface area contributed by atoms with E-state index in [0.717, 1.165) is 25.7 Å². The van der Waals surface area contributed by atoms with Crippen LogP contribution in [0, 0.1) is 5.41 Å². The number of aromatic nitrogens is 1. The van der Waals surface area contributed by atoms with Gasteiger partial charge in [-0.2, -0.15) is 0 Å². The maximum atomic E-state index is 12.4. The van der Waals surface area contributed by atoms with Crippen molar-refractivity contribution >= 4 is 5.91 Å². The van der Waals surface area contributed by atoms with Gasteiger partial charge in [0, 0.05) is 17.5 Å². The molecule has 5 heteroatoms. The number of nitrogens with zero attached hydrogens (tertiary/aromatic N) is 2. The SMILES string of the molecule is CC[C@]1(CO)C[C@H]2CC[C@@H]1N2C(=O)c1cnco1. The molecule has 0 unspecified atom stereocenters. The number of oxazole rings is 1. The van der Waals surface area contributed by atoms with Crippen molar-refractivity contribution in [3.63, 3.8) is 0 Å². The Kier molecular flexibility index (Phi) is 2.66. The van der Waals surface area contributed by atoms with Crippen LogP contribution < -0.4 is 0 Å². The summed E-state index contributed by atoms with van der Waals surface area (Å²) in [6.07, 6.45) is 6.58. The zero-order valence-corrected chi connectivity index (χ0v) is 10.5. The second-order valence-corrected chi connectivity index (χ2v) is 5.40. The predicted octanol–water partition coefficient (Wildman–Crippen LogP) is 1.44. The van der Waals surface area contributed by atoms with Crippen molar-refractivity contribution < 1.29 is 14.3 Å². The van der Waals surface area contributed by atoms with Gasteiger partial charge < -0.3 is 14.4 Å². The molecule has 1 N–H and O–H groups in total. The Morgan fingerprint density at radius 3 is 3.06 bits per heavy atom. The molecule has 3 atom stereocenters. The molecular formula is C13H18N2O3. The minimum absolute atomic E-state index is 0.0798. The van der Waals surface area contributed by atoms with Gasteiger partial charge >= 0.3 is 0 Å². The first kappa shape index (κ1) is 11.7. The maximum Gasteiger partial charge on any atom is 0.291 e. The quantitative estimate of drug-likeness (QED) is 0.881. The molecule has 0 saturated carbocycles. The topological polar surface area (TPSA) is 66.6 Å². The number of hydrogen-bond acceptors (Lipinski definition) is 4. The third-order valence-corrected chi connectivity index (χ3v) is 4.75. The predicted molar refractivity (Wildman–Crippen MR) is 63.9 cm³/mol. The molecule has 0 aromatic carbocycles. The van der Waals surface area contributed by atoms with Gasteiger partial charge in [-0.05, 0) is 25.7 Å². The van der Waals surface area contributed by atoms with Gasteiger partial charge in [0.05, 0.1) is 12.8 Å². The Morgan fingerprint density at radius 1 is 1.67 bits per heavy atom. The molecule has 0 radical (unpaired) electrons. The highest BCUT2D eigenvalue weighted by atomic mass is 16.3. The van der Waals surface area contributed by atoms with Crippen molar-refractivity contribution in [2.24, 2.45) is 5.41 Å². The average molecular weight is 250 g/mol. The fourth-order valence-corrected chi connectivity index (χ4v) is 3.71. The van der Waals surface area contributed by atoms with Gasteiger partial charge in [-0.3, -0.25) is 4.79 Å². The van der Waals surface area contributed by atoms with E-state index in [4.69, 9.17) is 4.42 Å². The largest absolute Gasteiger partial charge is 0.438 e. The minimum Gasteiger partial charge on any atom is -0.438 e. The summed E-state index contributed by atoms with van der Waals surface area (Å²) in [5, 5.41) is 9.69. The number of aliphatic hydroxyl groups excluding tert-OH is 1. The highest BCUT2D eigenvalue weighted by molar-refractivity contribution is 5.92. The molecule has 2 aliphatic heterocycles. The first-order chi connectivity index (χ1) is 8.72. The summed E-state index contributed by atoms with van der Waals surface area (Å²) < 4.78 is 5.10. The molecule has 3 rings (SSSR count). The molecule has 2 saturated heterocycles. The van der Waals surface area contributed by atoms with Crippen LogP contribution in [0.4, 0.5) is 0 Å². The smallest absolute Gasteiger partial charge is 0.291 e. The molecule has 5 nitrogen and oxygen atoms in total. The molecule has 0 aliphatic carbocycles. The van der Waals surface area contributed by atoms with Crippen molar-refractivity contribution in [1.29, 1.82) is 0 Å². The maximum absolute atomic E-state index is 12.4. The van der Waals surface area contributed by atoms with Gasteiger partial charge in [-0.25, -0.2) is 4.98 Å². The molecular weight excluding hydrogens is 232 g/mol. The highest BCUT2D eigenvalue weighted by Gasteiger charge is 2.56. The average Bonchev–Trinajstić information content (AvgIpc) is 3.12. The van der Waals surface area contributed by atoms with E-state index in [0.29, 0.717) is 5.76 Å². The van der Waals surface area contributed by atoms with E-state index < -0.39 is 0 Å². The van der Waals surface area contributed by atoms with Crippen LogP contribution in [-0.2, 0) is 0 Å². The van der Waals surface area contributed by atoms with E-state index in [9.17, 15) is 9.90 Å². The van der Waals surface area contributed by atoms with E-state index in [1.54, 1.807) is 0 Å². The number of carbonyl (C=O) groups excluding carboxylic acids is 1. The zero-order chi connectivity index (χ0) is 12.8. The van der Waals surface area contributed by atoms with Crippen LogP contribution in [0.25, 0.3) is 0 Å². The van der Waals surface area contributed by atoms with Crippen LogP contribution in [0.3, 0.4) is 0 Å². The second kappa shape index (κ2) is 4.09. The lowest BCUT2D eigenvalue weighted by Crippen LogP contribution is -2.42. The Morgan fingerprint density at radius 2 is 2.50 bits per heavy atom. The van der Waals surface area contributed by atoms with Gasteiger partial charge in [-0.15, -0.1) is 0 Å². The number of hydrogen-bond donors (Lipinski definition) is 1. The fourth-order valence-electron chi connectivity index (χ4n) is 3.71. The first-order valence-corrected chi connectivity index (χ1v) is 6.54. The lowest BCUT2D eigenvalue weighted by molar-refractivity contribution is 0.0534. The zero-order valence-electron chi connectivity index (χ0n) is 10.5. The molecule has 1 amide bonds. The van der Waals surface area contributed by atoms with Crippen molar-refractivity contribution in [3.05, 3.63) is 18.4 Å². The second-order valence-electron chi connectivity index (χ2n) is 5.40. The minimum atomic E-state index is -0.113. The van der Waals surface area contributed by atoms with E-state index >= 15 is 0 Å². The van der Waals surface area contributed by atoms with Crippen molar-refractivity contribution in [3.8, 4) is 0 Å². The molecule has 18 heavy (non-hydrogen) atoms. The van der Waals surface area contributed by atoms with Crippen LogP contribution >= 0.6 is 0 Å². The molecule has 1 aromatic rings. The molecule has 2 aliphatic rings. The van der Waals surface area contributed by atoms with E-state index in [1.807, 2.05) is 4.90 Å². The standard InChI is InChI=1S/C13H18N2O3/c1-2-13(7-16)5-9-3-4-11(13)15(9)12(17)10-6-14-8-18-10/h6,8-9,11,16H,2-5,7H2,1H3/t9-,11+,13-/m1/s1. The van der Waals surface area contributed by atoms with Crippen LogP contribution in [0.1, 0.15) is 43.2 Å². The van der Waals surface area contributed by atoms with E-state index in [2.05, 4.69) is 11.9 Å². The summed E-state index contributed by atoms with van der Waals surface area (Å²) in [7, 11) is 0. The van der Waals surface area contributed by atoms with Crippen molar-refractivity contribution in [1.82, 2.24) is 9.88 Å². The van der Waals surface area contributed by atoms with Crippen LogP contribution in [0.15, 0.2) is 17.0 Å². The number of carbonyl (C=O) groups is 1. The Hall–Kier alpha value is -1.36. The Bertz CT molecular complexity index is 439. The van der Waals surface area contributed by atoms with Crippen molar-refractivity contribution in [2.75, 3.05) is 6.61 Å². The summed E-state index contributed by atoms with van der Waals surface area (Å²) in [6, 6.07) is 0.398. The van der Waals surface area contributed by atoms with Gasteiger partial charge in [-0.1, -0.05) is 6.92 Å². The van der Waals surface area contributed by atoms with E-state index in [-0.39, 0.29) is 30.0 Å². The molecule has 98 valence electrons. The summed E-state index contributed by atoms with van der Waals surface area (Å²) >= 11 is 0.